The SMILES string of the molecule is C/C=C(/C)[C@@H]1CC[C@H](C)O1. The maximum absolute atomic E-state index is 5.65. The fraction of sp³-hybridized carbons (Fsp3) is 0.778. The van der Waals surface area contributed by atoms with Gasteiger partial charge in [0.15, 0.2) is 0 Å². The van der Waals surface area contributed by atoms with Gasteiger partial charge in [0.1, 0.15) is 0 Å². The van der Waals surface area contributed by atoms with Gasteiger partial charge in [-0.15, -0.1) is 0 Å². The second-order valence-electron chi connectivity index (χ2n) is 3.05. The second kappa shape index (κ2) is 3.20. The molecule has 10 heavy (non-hydrogen) atoms. The molecule has 0 radical (unpaired) electrons. The summed E-state index contributed by atoms with van der Waals surface area (Å²) >= 11 is 0. The van der Waals surface area contributed by atoms with Gasteiger partial charge in [-0.25, -0.2) is 0 Å². The predicted octanol–water partition coefficient (Wildman–Crippen LogP) is 2.52. The van der Waals surface area contributed by atoms with Crippen LogP contribution in [0.1, 0.15) is 33.6 Å². The quantitative estimate of drug-likeness (QED) is 0.508. The van der Waals surface area contributed by atoms with Crippen molar-refractivity contribution >= 4 is 0 Å². The van der Waals surface area contributed by atoms with Crippen LogP contribution >= 0.6 is 0 Å². The van der Waals surface area contributed by atoms with Crippen molar-refractivity contribution in [3.63, 3.8) is 0 Å². The third-order valence-corrected chi connectivity index (χ3v) is 2.20. The predicted molar refractivity (Wildman–Crippen MR) is 43.0 cm³/mol. The summed E-state index contributed by atoms with van der Waals surface area (Å²) in [5.74, 6) is 0. The minimum atomic E-state index is 0.417. The molecular weight excluding hydrogens is 124 g/mol. The van der Waals surface area contributed by atoms with E-state index < -0.39 is 0 Å². The molecule has 1 heteroatoms. The van der Waals surface area contributed by atoms with Crippen LogP contribution in [0.5, 0.6) is 0 Å². The molecule has 58 valence electrons. The van der Waals surface area contributed by atoms with Gasteiger partial charge in [-0.3, -0.25) is 0 Å². The number of allylic oxidation sites excluding steroid dienone is 1. The fourth-order valence-electron chi connectivity index (χ4n) is 1.32. The van der Waals surface area contributed by atoms with Crippen LogP contribution < -0.4 is 0 Å². The molecule has 1 fully saturated rings. The Kier molecular flexibility index (Phi) is 2.50. The molecular formula is C9H16O. The molecule has 1 saturated heterocycles. The molecule has 0 saturated carbocycles. The van der Waals surface area contributed by atoms with Crippen molar-refractivity contribution in [2.24, 2.45) is 0 Å². The number of hydrogen-bond acceptors (Lipinski definition) is 1. The van der Waals surface area contributed by atoms with E-state index in [-0.39, 0.29) is 0 Å². The van der Waals surface area contributed by atoms with E-state index in [0.29, 0.717) is 12.2 Å². The zero-order valence-electron chi connectivity index (χ0n) is 7.05. The standard InChI is InChI=1S/C9H16O/c1-4-7(2)9-6-5-8(3)10-9/h4,8-9H,5-6H2,1-3H3/b7-4-/t8-,9-/m0/s1. The van der Waals surface area contributed by atoms with Crippen LogP contribution in [0.25, 0.3) is 0 Å². The summed E-state index contributed by atoms with van der Waals surface area (Å²) < 4.78 is 5.65. The van der Waals surface area contributed by atoms with E-state index in [0.717, 1.165) is 0 Å². The maximum Gasteiger partial charge on any atom is 0.0786 e. The first-order valence-electron chi connectivity index (χ1n) is 4.02. The Balaban J connectivity index is 2.45. The summed E-state index contributed by atoms with van der Waals surface area (Å²) in [6.07, 6.45) is 5.45. The van der Waals surface area contributed by atoms with Crippen LogP contribution in [-0.4, -0.2) is 12.2 Å². The third-order valence-electron chi connectivity index (χ3n) is 2.20. The summed E-state index contributed by atoms with van der Waals surface area (Å²) in [4.78, 5) is 0. The lowest BCUT2D eigenvalue weighted by Gasteiger charge is -2.10. The van der Waals surface area contributed by atoms with E-state index in [2.05, 4.69) is 26.8 Å². The van der Waals surface area contributed by atoms with Gasteiger partial charge in [0.2, 0.25) is 0 Å². The highest BCUT2D eigenvalue weighted by Gasteiger charge is 2.21. The van der Waals surface area contributed by atoms with Crippen molar-refractivity contribution in [3.05, 3.63) is 11.6 Å². The first-order chi connectivity index (χ1) is 4.74. The van der Waals surface area contributed by atoms with E-state index in [1.54, 1.807) is 0 Å². The van der Waals surface area contributed by atoms with Gasteiger partial charge in [-0.1, -0.05) is 6.08 Å². The Labute approximate surface area is 63.1 Å². The monoisotopic (exact) mass is 140 g/mol. The summed E-state index contributed by atoms with van der Waals surface area (Å²) in [5, 5.41) is 0. The summed E-state index contributed by atoms with van der Waals surface area (Å²) in [7, 11) is 0. The molecule has 1 nitrogen and oxygen atoms in total. The third kappa shape index (κ3) is 1.60. The molecule has 0 aromatic carbocycles. The van der Waals surface area contributed by atoms with E-state index >= 15 is 0 Å². The van der Waals surface area contributed by atoms with Gasteiger partial charge in [0, 0.05) is 0 Å². The van der Waals surface area contributed by atoms with Crippen LogP contribution in [0.3, 0.4) is 0 Å². The Morgan fingerprint density at radius 2 is 2.20 bits per heavy atom. The number of rotatable bonds is 1. The van der Waals surface area contributed by atoms with Crippen molar-refractivity contribution in [1.29, 1.82) is 0 Å². The molecule has 0 aromatic heterocycles. The minimum Gasteiger partial charge on any atom is -0.371 e. The largest absolute Gasteiger partial charge is 0.371 e. The van der Waals surface area contributed by atoms with Gasteiger partial charge in [0.25, 0.3) is 0 Å². The van der Waals surface area contributed by atoms with Crippen molar-refractivity contribution in [3.8, 4) is 0 Å². The van der Waals surface area contributed by atoms with Crippen LogP contribution in [-0.2, 0) is 4.74 Å². The Bertz CT molecular complexity index is 138. The van der Waals surface area contributed by atoms with Crippen LogP contribution in [0, 0.1) is 0 Å². The molecule has 1 aliphatic heterocycles. The number of hydrogen-bond donors (Lipinski definition) is 0. The number of ether oxygens (including phenoxy) is 1. The normalized spacial score (nSPS) is 34.9. The second-order valence-corrected chi connectivity index (χ2v) is 3.05. The molecule has 0 bridgehead atoms. The smallest absolute Gasteiger partial charge is 0.0786 e. The minimum absolute atomic E-state index is 0.417. The molecule has 0 spiro atoms. The van der Waals surface area contributed by atoms with Crippen molar-refractivity contribution in [2.45, 2.75) is 45.8 Å². The van der Waals surface area contributed by atoms with Crippen LogP contribution in [0.4, 0.5) is 0 Å². The van der Waals surface area contributed by atoms with E-state index in [1.807, 2.05) is 0 Å². The van der Waals surface area contributed by atoms with Crippen molar-refractivity contribution in [1.82, 2.24) is 0 Å². The Morgan fingerprint density at radius 3 is 2.60 bits per heavy atom. The van der Waals surface area contributed by atoms with Crippen LogP contribution in [0.2, 0.25) is 0 Å². The zero-order valence-corrected chi connectivity index (χ0v) is 7.05. The molecule has 0 aliphatic carbocycles. The average Bonchev–Trinajstić information content (AvgIpc) is 2.34. The van der Waals surface area contributed by atoms with E-state index in [4.69, 9.17) is 4.74 Å². The molecule has 0 aromatic rings. The van der Waals surface area contributed by atoms with Crippen molar-refractivity contribution in [2.75, 3.05) is 0 Å². The van der Waals surface area contributed by atoms with Gasteiger partial charge in [-0.05, 0) is 39.2 Å². The highest BCUT2D eigenvalue weighted by molar-refractivity contribution is 5.05. The highest BCUT2D eigenvalue weighted by Crippen LogP contribution is 2.24. The summed E-state index contributed by atoms with van der Waals surface area (Å²) in [6.45, 7) is 6.35. The summed E-state index contributed by atoms with van der Waals surface area (Å²) in [5.41, 5.74) is 1.38. The molecule has 0 amide bonds. The molecule has 1 heterocycles. The first-order valence-corrected chi connectivity index (χ1v) is 4.02. The highest BCUT2D eigenvalue weighted by atomic mass is 16.5. The van der Waals surface area contributed by atoms with Gasteiger partial charge >= 0.3 is 0 Å². The molecule has 1 rings (SSSR count). The first kappa shape index (κ1) is 7.80. The van der Waals surface area contributed by atoms with Gasteiger partial charge < -0.3 is 4.74 Å². The summed E-state index contributed by atoms with van der Waals surface area (Å²) in [6, 6.07) is 0. The van der Waals surface area contributed by atoms with Crippen molar-refractivity contribution < 1.29 is 4.74 Å². The van der Waals surface area contributed by atoms with Crippen LogP contribution in [0.15, 0.2) is 11.6 Å². The molecule has 0 unspecified atom stereocenters. The topological polar surface area (TPSA) is 9.23 Å². The lowest BCUT2D eigenvalue weighted by molar-refractivity contribution is 0.0767. The average molecular weight is 140 g/mol. The van der Waals surface area contributed by atoms with Gasteiger partial charge in [0.05, 0.1) is 12.2 Å². The lowest BCUT2D eigenvalue weighted by atomic mass is 10.1. The zero-order chi connectivity index (χ0) is 7.56. The maximum atomic E-state index is 5.65. The lowest BCUT2D eigenvalue weighted by Crippen LogP contribution is -2.08. The molecule has 0 N–H and O–H groups in total. The van der Waals surface area contributed by atoms with E-state index in [1.165, 1.54) is 18.4 Å². The van der Waals surface area contributed by atoms with E-state index in [9.17, 15) is 0 Å². The molecule has 2 atom stereocenters. The fourth-order valence-corrected chi connectivity index (χ4v) is 1.32. The van der Waals surface area contributed by atoms with Gasteiger partial charge in [-0.2, -0.15) is 0 Å². The Morgan fingerprint density at radius 1 is 1.50 bits per heavy atom. The molecule has 1 aliphatic rings. The Hall–Kier alpha value is -0.300.